The summed E-state index contributed by atoms with van der Waals surface area (Å²) in [4.78, 5) is 12.2. The van der Waals surface area contributed by atoms with Crippen molar-refractivity contribution in [1.29, 1.82) is 0 Å². The fraction of sp³-hybridized carbons (Fsp3) is 0.583. The van der Waals surface area contributed by atoms with Crippen LogP contribution in [0.1, 0.15) is 41.7 Å². The smallest absolute Gasteiger partial charge is 0.345 e. The first-order valence-corrected chi connectivity index (χ1v) is 6.41. The van der Waals surface area contributed by atoms with Gasteiger partial charge in [0.2, 0.25) is 0 Å². The summed E-state index contributed by atoms with van der Waals surface area (Å²) < 4.78 is 0. The number of carboxylic acid groups (broad SMARTS) is 1. The highest BCUT2D eigenvalue weighted by Crippen LogP contribution is 2.17. The number of thiophene rings is 1. The Labute approximate surface area is 100 Å². The van der Waals surface area contributed by atoms with Crippen LogP contribution in [0.15, 0.2) is 12.1 Å². The average Bonchev–Trinajstić information content (AvgIpc) is 2.73. The van der Waals surface area contributed by atoms with Gasteiger partial charge in [0, 0.05) is 17.5 Å². The van der Waals surface area contributed by atoms with Crippen LogP contribution in [0.2, 0.25) is 0 Å². The molecule has 16 heavy (non-hydrogen) atoms. The number of hydrogen-bond acceptors (Lipinski definition) is 3. The van der Waals surface area contributed by atoms with Crippen molar-refractivity contribution in [3.05, 3.63) is 21.9 Å². The molecule has 0 aliphatic rings. The number of nitrogens with one attached hydrogen (secondary N) is 1. The van der Waals surface area contributed by atoms with Crippen molar-refractivity contribution in [3.63, 3.8) is 0 Å². The van der Waals surface area contributed by atoms with Crippen LogP contribution in [0.5, 0.6) is 0 Å². The summed E-state index contributed by atoms with van der Waals surface area (Å²) in [6, 6.07) is 4.00. The van der Waals surface area contributed by atoms with Crippen molar-refractivity contribution >= 4 is 17.3 Å². The third-order valence-corrected chi connectivity index (χ3v) is 4.04. The van der Waals surface area contributed by atoms with Crippen molar-refractivity contribution in [2.45, 2.75) is 39.8 Å². The first kappa shape index (κ1) is 13.2. The minimum Gasteiger partial charge on any atom is -0.477 e. The second kappa shape index (κ2) is 6.01. The second-order valence-electron chi connectivity index (χ2n) is 4.13. The minimum absolute atomic E-state index is 0.410. The molecule has 1 rings (SSSR count). The molecular formula is C12H19NO2S. The van der Waals surface area contributed by atoms with E-state index in [4.69, 9.17) is 5.11 Å². The molecule has 0 amide bonds. The molecule has 1 aromatic heterocycles. The third kappa shape index (κ3) is 3.61. The van der Waals surface area contributed by atoms with Crippen LogP contribution >= 0.6 is 11.3 Å². The zero-order chi connectivity index (χ0) is 12.1. The van der Waals surface area contributed by atoms with E-state index in [9.17, 15) is 4.79 Å². The molecule has 2 atom stereocenters. The van der Waals surface area contributed by atoms with E-state index < -0.39 is 5.97 Å². The quantitative estimate of drug-likeness (QED) is 0.805. The summed E-state index contributed by atoms with van der Waals surface area (Å²) in [5.74, 6) is -0.204. The van der Waals surface area contributed by atoms with Crippen LogP contribution in [-0.2, 0) is 6.54 Å². The van der Waals surface area contributed by atoms with Gasteiger partial charge in [0.05, 0.1) is 0 Å². The van der Waals surface area contributed by atoms with E-state index >= 15 is 0 Å². The largest absolute Gasteiger partial charge is 0.477 e. The molecule has 0 fully saturated rings. The molecule has 90 valence electrons. The third-order valence-electron chi connectivity index (χ3n) is 2.97. The maximum absolute atomic E-state index is 10.7. The Balaban J connectivity index is 2.45. The zero-order valence-corrected chi connectivity index (χ0v) is 10.8. The molecule has 0 aliphatic carbocycles. The van der Waals surface area contributed by atoms with Gasteiger partial charge in [0.1, 0.15) is 4.88 Å². The van der Waals surface area contributed by atoms with E-state index in [1.54, 1.807) is 6.07 Å². The lowest BCUT2D eigenvalue weighted by Crippen LogP contribution is -2.31. The van der Waals surface area contributed by atoms with Crippen LogP contribution in [-0.4, -0.2) is 17.1 Å². The normalized spacial score (nSPS) is 14.7. The number of hydrogen-bond donors (Lipinski definition) is 2. The lowest BCUT2D eigenvalue weighted by molar-refractivity contribution is 0.0702. The van der Waals surface area contributed by atoms with Gasteiger partial charge in [-0.05, 0) is 25.0 Å². The van der Waals surface area contributed by atoms with Crippen molar-refractivity contribution in [2.24, 2.45) is 5.92 Å². The second-order valence-corrected chi connectivity index (χ2v) is 5.29. The Morgan fingerprint density at radius 3 is 2.69 bits per heavy atom. The first-order chi connectivity index (χ1) is 7.54. The van der Waals surface area contributed by atoms with E-state index in [2.05, 4.69) is 26.1 Å². The van der Waals surface area contributed by atoms with E-state index in [1.165, 1.54) is 11.3 Å². The molecule has 0 spiro atoms. The van der Waals surface area contributed by atoms with Crippen LogP contribution in [0.4, 0.5) is 0 Å². The highest BCUT2D eigenvalue weighted by molar-refractivity contribution is 7.13. The molecule has 0 radical (unpaired) electrons. The maximum atomic E-state index is 10.7. The fourth-order valence-corrected chi connectivity index (χ4v) is 2.20. The predicted octanol–water partition coefficient (Wildman–Crippen LogP) is 2.97. The summed E-state index contributed by atoms with van der Waals surface area (Å²) in [5.41, 5.74) is 0. The van der Waals surface area contributed by atoms with E-state index in [-0.39, 0.29) is 0 Å². The number of carbonyl (C=O) groups is 1. The monoisotopic (exact) mass is 241 g/mol. The fourth-order valence-electron chi connectivity index (χ4n) is 1.40. The van der Waals surface area contributed by atoms with Gasteiger partial charge in [-0.2, -0.15) is 0 Å². The molecule has 0 aliphatic heterocycles. The molecule has 1 heterocycles. The van der Waals surface area contributed by atoms with Gasteiger partial charge in [-0.25, -0.2) is 4.79 Å². The van der Waals surface area contributed by atoms with Gasteiger partial charge in [-0.1, -0.05) is 20.3 Å². The summed E-state index contributed by atoms with van der Waals surface area (Å²) in [6.45, 7) is 7.31. The lowest BCUT2D eigenvalue weighted by Gasteiger charge is -2.19. The van der Waals surface area contributed by atoms with Crippen LogP contribution < -0.4 is 5.32 Å². The van der Waals surface area contributed by atoms with Gasteiger partial charge >= 0.3 is 5.97 Å². The van der Waals surface area contributed by atoms with Crippen LogP contribution in [0, 0.1) is 5.92 Å². The number of rotatable bonds is 6. The molecule has 3 nitrogen and oxygen atoms in total. The van der Waals surface area contributed by atoms with Gasteiger partial charge in [0.25, 0.3) is 0 Å². The average molecular weight is 241 g/mol. The summed E-state index contributed by atoms with van der Waals surface area (Å²) in [6.07, 6.45) is 1.15. The SMILES string of the molecule is CCC(C)C(C)NCc1ccc(C(=O)O)s1. The summed E-state index contributed by atoms with van der Waals surface area (Å²) in [7, 11) is 0. The van der Waals surface area contributed by atoms with Crippen molar-refractivity contribution in [2.75, 3.05) is 0 Å². The Hall–Kier alpha value is -0.870. The Morgan fingerprint density at radius 2 is 2.19 bits per heavy atom. The standard InChI is InChI=1S/C12H19NO2S/c1-4-8(2)9(3)13-7-10-5-6-11(16-10)12(14)15/h5-6,8-9,13H,4,7H2,1-3H3,(H,14,15). The van der Waals surface area contributed by atoms with Gasteiger partial charge < -0.3 is 10.4 Å². The Kier molecular flexibility index (Phi) is 4.96. The van der Waals surface area contributed by atoms with Crippen molar-refractivity contribution < 1.29 is 9.90 Å². The summed E-state index contributed by atoms with van der Waals surface area (Å²) in [5, 5.41) is 12.2. The molecular weight excluding hydrogens is 222 g/mol. The zero-order valence-electron chi connectivity index (χ0n) is 9.99. The van der Waals surface area contributed by atoms with Gasteiger partial charge in [0.15, 0.2) is 0 Å². The van der Waals surface area contributed by atoms with E-state index in [1.807, 2.05) is 6.07 Å². The Morgan fingerprint density at radius 1 is 1.50 bits per heavy atom. The maximum Gasteiger partial charge on any atom is 0.345 e. The molecule has 0 aromatic carbocycles. The molecule has 1 aromatic rings. The van der Waals surface area contributed by atoms with Gasteiger partial charge in [-0.15, -0.1) is 11.3 Å². The predicted molar refractivity (Wildman–Crippen MR) is 67.0 cm³/mol. The lowest BCUT2D eigenvalue weighted by atomic mass is 10.0. The van der Waals surface area contributed by atoms with Crippen molar-refractivity contribution in [1.82, 2.24) is 5.32 Å². The molecule has 4 heteroatoms. The molecule has 0 saturated carbocycles. The minimum atomic E-state index is -0.841. The van der Waals surface area contributed by atoms with Crippen molar-refractivity contribution in [3.8, 4) is 0 Å². The van der Waals surface area contributed by atoms with Crippen LogP contribution in [0.3, 0.4) is 0 Å². The number of aromatic carboxylic acids is 1. The highest BCUT2D eigenvalue weighted by atomic mass is 32.1. The molecule has 2 N–H and O–H groups in total. The molecule has 0 bridgehead atoms. The molecule has 2 unspecified atom stereocenters. The first-order valence-electron chi connectivity index (χ1n) is 5.60. The van der Waals surface area contributed by atoms with E-state index in [0.717, 1.165) is 17.8 Å². The van der Waals surface area contributed by atoms with Gasteiger partial charge in [-0.3, -0.25) is 0 Å². The topological polar surface area (TPSA) is 49.3 Å². The number of carboxylic acids is 1. The Bertz CT molecular complexity index is 349. The molecule has 0 saturated heterocycles. The summed E-state index contributed by atoms with van der Waals surface area (Å²) >= 11 is 1.34. The van der Waals surface area contributed by atoms with Crippen LogP contribution in [0.25, 0.3) is 0 Å². The highest BCUT2D eigenvalue weighted by Gasteiger charge is 2.11. The van der Waals surface area contributed by atoms with E-state index in [0.29, 0.717) is 16.8 Å².